The number of aliphatic hydroxyl groups excluding tert-OH is 1. The van der Waals surface area contributed by atoms with Crippen LogP contribution >= 0.6 is 27.7 Å². The molecule has 19 heavy (non-hydrogen) atoms. The highest BCUT2D eigenvalue weighted by Crippen LogP contribution is 2.14. The zero-order valence-electron chi connectivity index (χ0n) is 10.5. The monoisotopic (exact) mass is 342 g/mol. The van der Waals surface area contributed by atoms with Crippen LogP contribution in [0.3, 0.4) is 0 Å². The average Bonchev–Trinajstić information content (AvgIpc) is 2.39. The minimum atomic E-state index is -0.0721. The van der Waals surface area contributed by atoms with Crippen LogP contribution in [0.1, 0.15) is 12.6 Å². The largest absolute Gasteiger partial charge is 0.396 e. The fourth-order valence-electron chi connectivity index (χ4n) is 1.62. The second kappa shape index (κ2) is 6.54. The summed E-state index contributed by atoms with van der Waals surface area (Å²) < 4.78 is 2.37. The first-order chi connectivity index (χ1) is 9.10. The predicted molar refractivity (Wildman–Crippen MR) is 81.6 cm³/mol. The average molecular weight is 343 g/mol. The molecule has 2 rings (SSSR count). The lowest BCUT2D eigenvalue weighted by atomic mass is 10.2. The molecule has 0 aliphatic heterocycles. The zero-order chi connectivity index (χ0) is 13.8. The summed E-state index contributed by atoms with van der Waals surface area (Å²) >= 11 is 5.02. The van der Waals surface area contributed by atoms with Crippen LogP contribution in [0.25, 0.3) is 5.65 Å². The van der Waals surface area contributed by atoms with E-state index >= 15 is 0 Å². The van der Waals surface area contributed by atoms with Gasteiger partial charge in [0.05, 0.1) is 5.69 Å². The number of aliphatic hydroxyl groups is 1. The van der Waals surface area contributed by atoms with Crippen molar-refractivity contribution in [1.29, 1.82) is 0 Å². The van der Waals surface area contributed by atoms with Gasteiger partial charge in [0.15, 0.2) is 0 Å². The number of halogens is 1. The smallest absolute Gasteiger partial charge is 0.258 e. The van der Waals surface area contributed by atoms with E-state index in [4.69, 9.17) is 5.11 Å². The summed E-state index contributed by atoms with van der Waals surface area (Å²) in [7, 11) is 0. The van der Waals surface area contributed by atoms with Gasteiger partial charge >= 0.3 is 0 Å². The van der Waals surface area contributed by atoms with Gasteiger partial charge in [0.2, 0.25) is 0 Å². The molecule has 6 heteroatoms. The van der Waals surface area contributed by atoms with Crippen molar-refractivity contribution in [2.45, 2.75) is 12.7 Å². The molecule has 0 saturated heterocycles. The summed E-state index contributed by atoms with van der Waals surface area (Å²) in [5, 5.41) is 8.96. The maximum absolute atomic E-state index is 12.0. The highest BCUT2D eigenvalue weighted by atomic mass is 79.9. The van der Waals surface area contributed by atoms with Crippen molar-refractivity contribution in [3.05, 3.63) is 44.9 Å². The number of thioether (sulfide) groups is 1. The number of fused-ring (bicyclic) bond motifs is 1. The number of aromatic nitrogens is 2. The lowest BCUT2D eigenvalue weighted by Gasteiger charge is -2.07. The SMILES string of the molecule is CC(CO)CSCc1cc(=O)n2cc(Br)ccc2n1. The first-order valence-electron chi connectivity index (χ1n) is 5.96. The van der Waals surface area contributed by atoms with Gasteiger partial charge in [-0.2, -0.15) is 11.8 Å². The van der Waals surface area contributed by atoms with E-state index in [2.05, 4.69) is 20.9 Å². The Morgan fingerprint density at radius 1 is 1.53 bits per heavy atom. The van der Waals surface area contributed by atoms with Gasteiger partial charge in [-0.05, 0) is 39.7 Å². The molecule has 1 unspecified atom stereocenters. The van der Waals surface area contributed by atoms with E-state index in [-0.39, 0.29) is 18.1 Å². The Bertz CT molecular complexity index is 630. The number of pyridine rings is 1. The van der Waals surface area contributed by atoms with E-state index in [0.717, 1.165) is 15.9 Å². The second-order valence-corrected chi connectivity index (χ2v) is 6.41. The summed E-state index contributed by atoms with van der Waals surface area (Å²) in [6.07, 6.45) is 1.72. The fourth-order valence-corrected chi connectivity index (χ4v) is 2.94. The van der Waals surface area contributed by atoms with Crippen molar-refractivity contribution in [3.63, 3.8) is 0 Å². The highest BCUT2D eigenvalue weighted by Gasteiger charge is 2.05. The van der Waals surface area contributed by atoms with E-state index < -0.39 is 0 Å². The zero-order valence-corrected chi connectivity index (χ0v) is 12.9. The van der Waals surface area contributed by atoms with Crippen molar-refractivity contribution in [2.75, 3.05) is 12.4 Å². The molecule has 0 spiro atoms. The van der Waals surface area contributed by atoms with Crippen molar-refractivity contribution in [2.24, 2.45) is 5.92 Å². The molecule has 4 nitrogen and oxygen atoms in total. The van der Waals surface area contributed by atoms with Gasteiger partial charge in [-0.25, -0.2) is 4.98 Å². The fraction of sp³-hybridized carbons (Fsp3) is 0.385. The summed E-state index contributed by atoms with van der Waals surface area (Å²) in [5.74, 6) is 1.81. The molecule has 0 bridgehead atoms. The summed E-state index contributed by atoms with van der Waals surface area (Å²) in [6.45, 7) is 2.18. The van der Waals surface area contributed by atoms with Gasteiger partial charge in [0, 0.05) is 29.1 Å². The number of rotatable bonds is 5. The number of hydrogen-bond acceptors (Lipinski definition) is 4. The maximum Gasteiger partial charge on any atom is 0.258 e. The summed E-state index contributed by atoms with van der Waals surface area (Å²) in [5.41, 5.74) is 1.36. The lowest BCUT2D eigenvalue weighted by molar-refractivity contribution is 0.250. The second-order valence-electron chi connectivity index (χ2n) is 4.46. The normalized spacial score (nSPS) is 12.8. The number of hydrogen-bond donors (Lipinski definition) is 1. The Hall–Kier alpha value is -0.850. The Balaban J connectivity index is 2.17. The minimum Gasteiger partial charge on any atom is -0.396 e. The summed E-state index contributed by atoms with van der Waals surface area (Å²) in [4.78, 5) is 16.4. The molecule has 0 amide bonds. The van der Waals surface area contributed by atoms with Gasteiger partial charge in [-0.3, -0.25) is 9.20 Å². The molecule has 0 radical (unpaired) electrons. The molecular formula is C13H15BrN2O2S. The Labute approximate surface area is 124 Å². The van der Waals surface area contributed by atoms with Crippen LogP contribution in [0.4, 0.5) is 0 Å². The predicted octanol–water partition coefficient (Wildman–Crippen LogP) is 2.32. The molecule has 1 atom stereocenters. The molecule has 0 aromatic carbocycles. The first kappa shape index (κ1) is 14.6. The van der Waals surface area contributed by atoms with Crippen LogP contribution in [0.5, 0.6) is 0 Å². The third-order valence-corrected chi connectivity index (χ3v) is 4.41. The molecule has 0 aliphatic rings. The molecule has 2 aromatic heterocycles. The molecule has 0 aliphatic carbocycles. The van der Waals surface area contributed by atoms with Crippen LogP contribution in [-0.2, 0) is 5.75 Å². The molecule has 2 heterocycles. The third kappa shape index (κ3) is 3.81. The Morgan fingerprint density at radius 2 is 2.32 bits per heavy atom. The molecule has 2 aromatic rings. The molecular weight excluding hydrogens is 328 g/mol. The van der Waals surface area contributed by atoms with E-state index in [1.807, 2.05) is 19.1 Å². The van der Waals surface area contributed by atoms with E-state index in [1.165, 1.54) is 4.40 Å². The van der Waals surface area contributed by atoms with Gasteiger partial charge in [0.1, 0.15) is 5.65 Å². The Kier molecular flexibility index (Phi) is 5.01. The van der Waals surface area contributed by atoms with Crippen molar-refractivity contribution >= 4 is 33.3 Å². The van der Waals surface area contributed by atoms with Gasteiger partial charge in [0.25, 0.3) is 5.56 Å². The minimum absolute atomic E-state index is 0.0721. The quantitative estimate of drug-likeness (QED) is 0.905. The lowest BCUT2D eigenvalue weighted by Crippen LogP contribution is -2.15. The molecule has 0 fully saturated rings. The topological polar surface area (TPSA) is 54.6 Å². The van der Waals surface area contributed by atoms with Gasteiger partial charge < -0.3 is 5.11 Å². The van der Waals surface area contributed by atoms with Crippen molar-refractivity contribution < 1.29 is 5.11 Å². The van der Waals surface area contributed by atoms with Crippen LogP contribution in [0, 0.1) is 5.92 Å². The van der Waals surface area contributed by atoms with Crippen molar-refractivity contribution in [3.8, 4) is 0 Å². The van der Waals surface area contributed by atoms with E-state index in [0.29, 0.717) is 11.4 Å². The van der Waals surface area contributed by atoms with E-state index in [9.17, 15) is 4.79 Å². The maximum atomic E-state index is 12.0. The van der Waals surface area contributed by atoms with Crippen LogP contribution < -0.4 is 5.56 Å². The van der Waals surface area contributed by atoms with E-state index in [1.54, 1.807) is 24.0 Å². The van der Waals surface area contributed by atoms with Gasteiger partial charge in [-0.1, -0.05) is 6.92 Å². The molecule has 1 N–H and O–H groups in total. The Morgan fingerprint density at radius 3 is 3.05 bits per heavy atom. The third-order valence-electron chi connectivity index (χ3n) is 2.64. The first-order valence-corrected chi connectivity index (χ1v) is 7.91. The standard InChI is InChI=1S/C13H15BrN2O2S/c1-9(6-17)7-19-8-11-4-13(18)16-5-10(14)2-3-12(16)15-11/h2-5,9,17H,6-8H2,1H3. The van der Waals surface area contributed by atoms with Crippen molar-refractivity contribution in [1.82, 2.24) is 9.38 Å². The number of nitrogens with zero attached hydrogens (tertiary/aromatic N) is 2. The highest BCUT2D eigenvalue weighted by molar-refractivity contribution is 9.10. The molecule has 102 valence electrons. The van der Waals surface area contributed by atoms with Crippen LogP contribution in [0.15, 0.2) is 33.7 Å². The van der Waals surface area contributed by atoms with Crippen LogP contribution in [0.2, 0.25) is 0 Å². The summed E-state index contributed by atoms with van der Waals surface area (Å²) in [6, 6.07) is 5.25. The van der Waals surface area contributed by atoms with Gasteiger partial charge in [-0.15, -0.1) is 0 Å². The van der Waals surface area contributed by atoms with Crippen LogP contribution in [-0.4, -0.2) is 26.9 Å². The molecule has 0 saturated carbocycles.